The number of non-ortho nitro benzene ring substituents is 1. The average Bonchev–Trinajstić information content (AvgIpc) is 3.14. The number of nitrogens with one attached hydrogen (secondary N) is 1. The molecule has 0 unspecified atom stereocenters. The number of anilines is 1. The Kier molecular flexibility index (Phi) is 6.21. The molecule has 0 saturated carbocycles. The zero-order valence-electron chi connectivity index (χ0n) is 15.5. The summed E-state index contributed by atoms with van der Waals surface area (Å²) < 4.78 is 0. The van der Waals surface area contributed by atoms with Crippen molar-refractivity contribution in [1.82, 2.24) is 9.97 Å². The van der Waals surface area contributed by atoms with Gasteiger partial charge < -0.3 is 5.32 Å². The second-order valence-electron chi connectivity index (χ2n) is 6.05. The van der Waals surface area contributed by atoms with Crippen molar-refractivity contribution < 1.29 is 9.72 Å². The lowest BCUT2D eigenvalue weighted by Crippen LogP contribution is -2.14. The summed E-state index contributed by atoms with van der Waals surface area (Å²) in [5.74, 6) is -0.198. The summed E-state index contributed by atoms with van der Waals surface area (Å²) in [6, 6.07) is 10.1. The van der Waals surface area contributed by atoms with E-state index in [2.05, 4.69) is 21.4 Å². The number of thioether (sulfide) groups is 1. The van der Waals surface area contributed by atoms with Gasteiger partial charge in [-0.05, 0) is 25.5 Å². The maximum atomic E-state index is 12.3. The molecular weight excluding hydrogens is 410 g/mol. The SMILES string of the molecule is Cc1cc(C)c(C#N)c(SCC(=O)Nc2nc(-c3cccc([N+](=O)[O-])c3)cs2)n1. The normalized spacial score (nSPS) is 10.4. The second-order valence-corrected chi connectivity index (χ2v) is 7.88. The maximum absolute atomic E-state index is 12.3. The van der Waals surface area contributed by atoms with Crippen LogP contribution in [0.1, 0.15) is 16.8 Å². The molecular formula is C19H15N5O3S2. The number of hydrogen-bond acceptors (Lipinski definition) is 8. The van der Waals surface area contributed by atoms with Gasteiger partial charge in [0.15, 0.2) is 5.13 Å². The van der Waals surface area contributed by atoms with Crippen LogP contribution >= 0.6 is 23.1 Å². The van der Waals surface area contributed by atoms with Gasteiger partial charge in [-0.25, -0.2) is 9.97 Å². The van der Waals surface area contributed by atoms with Gasteiger partial charge in [-0.1, -0.05) is 23.9 Å². The first-order valence-electron chi connectivity index (χ1n) is 8.38. The van der Waals surface area contributed by atoms with E-state index in [1.807, 2.05) is 19.9 Å². The molecule has 10 heteroatoms. The first-order valence-corrected chi connectivity index (χ1v) is 10.2. The Balaban J connectivity index is 1.67. The van der Waals surface area contributed by atoms with Crippen LogP contribution in [-0.2, 0) is 4.79 Å². The van der Waals surface area contributed by atoms with E-state index < -0.39 is 4.92 Å². The minimum absolute atomic E-state index is 0.0215. The highest BCUT2D eigenvalue weighted by Gasteiger charge is 2.14. The lowest BCUT2D eigenvalue weighted by atomic mass is 10.1. The molecule has 0 radical (unpaired) electrons. The fourth-order valence-corrected chi connectivity index (χ4v) is 4.21. The number of aryl methyl sites for hydroxylation is 2. The van der Waals surface area contributed by atoms with Gasteiger partial charge in [0, 0.05) is 28.8 Å². The van der Waals surface area contributed by atoms with Gasteiger partial charge in [-0.2, -0.15) is 5.26 Å². The highest BCUT2D eigenvalue weighted by Crippen LogP contribution is 2.28. The number of nitro groups is 1. The van der Waals surface area contributed by atoms with Gasteiger partial charge in [0.05, 0.1) is 21.9 Å². The van der Waals surface area contributed by atoms with Crippen molar-refractivity contribution >= 4 is 39.8 Å². The average molecular weight is 425 g/mol. The van der Waals surface area contributed by atoms with Crippen LogP contribution in [0, 0.1) is 35.3 Å². The monoisotopic (exact) mass is 425 g/mol. The van der Waals surface area contributed by atoms with E-state index >= 15 is 0 Å². The van der Waals surface area contributed by atoms with Crippen LogP contribution in [0.25, 0.3) is 11.3 Å². The number of amides is 1. The summed E-state index contributed by atoms with van der Waals surface area (Å²) in [7, 11) is 0. The molecule has 1 N–H and O–H groups in total. The summed E-state index contributed by atoms with van der Waals surface area (Å²) in [6.07, 6.45) is 0. The third-order valence-corrected chi connectivity index (χ3v) is 5.60. The Morgan fingerprint density at radius 3 is 2.86 bits per heavy atom. The number of aromatic nitrogens is 2. The molecule has 0 saturated heterocycles. The molecule has 0 fully saturated rings. The van der Waals surface area contributed by atoms with Gasteiger partial charge in [-0.15, -0.1) is 11.3 Å². The minimum atomic E-state index is -0.466. The second kappa shape index (κ2) is 8.81. The minimum Gasteiger partial charge on any atom is -0.301 e. The van der Waals surface area contributed by atoms with Crippen LogP contribution in [-0.4, -0.2) is 26.6 Å². The summed E-state index contributed by atoms with van der Waals surface area (Å²) in [5, 5.41) is 25.6. The fourth-order valence-electron chi connectivity index (χ4n) is 2.57. The molecule has 3 aromatic rings. The number of nitrogens with zero attached hydrogens (tertiary/aromatic N) is 4. The molecule has 1 aromatic carbocycles. The van der Waals surface area contributed by atoms with Crippen LogP contribution < -0.4 is 5.32 Å². The van der Waals surface area contributed by atoms with E-state index in [1.54, 1.807) is 17.5 Å². The summed E-state index contributed by atoms with van der Waals surface area (Å²) in [5.41, 5.74) is 3.20. The molecule has 0 aliphatic carbocycles. The van der Waals surface area contributed by atoms with Crippen molar-refractivity contribution in [2.24, 2.45) is 0 Å². The molecule has 0 atom stereocenters. The van der Waals surface area contributed by atoms with Crippen molar-refractivity contribution in [3.63, 3.8) is 0 Å². The van der Waals surface area contributed by atoms with Crippen LogP contribution in [0.5, 0.6) is 0 Å². The fraction of sp³-hybridized carbons (Fsp3) is 0.158. The largest absolute Gasteiger partial charge is 0.301 e. The van der Waals surface area contributed by atoms with E-state index in [1.165, 1.54) is 35.2 Å². The maximum Gasteiger partial charge on any atom is 0.270 e. The molecule has 146 valence electrons. The highest BCUT2D eigenvalue weighted by atomic mass is 32.2. The van der Waals surface area contributed by atoms with Crippen LogP contribution in [0.2, 0.25) is 0 Å². The predicted molar refractivity (Wildman–Crippen MR) is 112 cm³/mol. The lowest BCUT2D eigenvalue weighted by Gasteiger charge is -2.07. The predicted octanol–water partition coefficient (Wildman–Crippen LogP) is 4.33. The van der Waals surface area contributed by atoms with Crippen molar-refractivity contribution in [2.45, 2.75) is 18.9 Å². The van der Waals surface area contributed by atoms with E-state index in [-0.39, 0.29) is 17.3 Å². The third-order valence-electron chi connectivity index (χ3n) is 3.87. The zero-order valence-corrected chi connectivity index (χ0v) is 17.1. The Morgan fingerprint density at radius 2 is 2.14 bits per heavy atom. The Bertz CT molecular complexity index is 1140. The highest BCUT2D eigenvalue weighted by molar-refractivity contribution is 8.00. The number of rotatable bonds is 6. The van der Waals surface area contributed by atoms with Gasteiger partial charge >= 0.3 is 0 Å². The molecule has 0 aliphatic rings. The zero-order chi connectivity index (χ0) is 21.0. The molecule has 0 aliphatic heterocycles. The number of nitro benzene ring substituents is 1. The smallest absolute Gasteiger partial charge is 0.270 e. The number of nitriles is 1. The van der Waals surface area contributed by atoms with Gasteiger partial charge in [0.1, 0.15) is 11.1 Å². The molecule has 0 spiro atoms. The topological polar surface area (TPSA) is 122 Å². The van der Waals surface area contributed by atoms with Crippen molar-refractivity contribution in [3.8, 4) is 17.3 Å². The van der Waals surface area contributed by atoms with Gasteiger partial charge in [-0.3, -0.25) is 14.9 Å². The number of benzene rings is 1. The molecule has 8 nitrogen and oxygen atoms in total. The van der Waals surface area contributed by atoms with Crippen LogP contribution in [0.15, 0.2) is 40.7 Å². The molecule has 3 rings (SSSR count). The quantitative estimate of drug-likeness (QED) is 0.354. The number of carbonyl (C=O) groups is 1. The van der Waals surface area contributed by atoms with Crippen molar-refractivity contribution in [3.05, 3.63) is 62.6 Å². The first kappa shape index (κ1) is 20.4. The summed E-state index contributed by atoms with van der Waals surface area (Å²) >= 11 is 2.42. The molecule has 0 bridgehead atoms. The molecule has 2 heterocycles. The summed E-state index contributed by atoms with van der Waals surface area (Å²) in [6.45, 7) is 3.67. The first-order chi connectivity index (χ1) is 13.9. The Hall–Kier alpha value is -3.29. The van der Waals surface area contributed by atoms with Crippen LogP contribution in [0.3, 0.4) is 0 Å². The number of thiazole rings is 1. The standard InChI is InChI=1S/C19H15N5O3S2/c1-11-6-12(2)21-18(15(11)8-20)28-10-17(25)23-19-22-16(9-29-19)13-4-3-5-14(7-13)24(26)27/h3-7,9H,10H2,1-2H3,(H,22,23,25). The van der Waals surface area contributed by atoms with E-state index in [0.717, 1.165) is 11.3 Å². The number of carbonyl (C=O) groups excluding carboxylic acids is 1. The van der Waals surface area contributed by atoms with E-state index in [0.29, 0.717) is 27.0 Å². The molecule has 2 aromatic heterocycles. The van der Waals surface area contributed by atoms with E-state index in [4.69, 9.17) is 0 Å². The number of pyridine rings is 1. The van der Waals surface area contributed by atoms with Crippen LogP contribution in [0.4, 0.5) is 10.8 Å². The third kappa shape index (κ3) is 4.96. The number of hydrogen-bond donors (Lipinski definition) is 1. The van der Waals surface area contributed by atoms with Gasteiger partial charge in [0.2, 0.25) is 5.91 Å². The molecule has 1 amide bonds. The molecule has 29 heavy (non-hydrogen) atoms. The Morgan fingerprint density at radius 1 is 1.34 bits per heavy atom. The lowest BCUT2D eigenvalue weighted by molar-refractivity contribution is -0.384. The Labute approximate surface area is 174 Å². The summed E-state index contributed by atoms with van der Waals surface area (Å²) in [4.78, 5) is 31.4. The van der Waals surface area contributed by atoms with Crippen molar-refractivity contribution in [2.75, 3.05) is 11.1 Å². The van der Waals surface area contributed by atoms with Gasteiger partial charge in [0.25, 0.3) is 5.69 Å². The van der Waals surface area contributed by atoms with Crippen molar-refractivity contribution in [1.29, 1.82) is 5.26 Å². The van der Waals surface area contributed by atoms with E-state index in [9.17, 15) is 20.2 Å².